The van der Waals surface area contributed by atoms with Gasteiger partial charge in [-0.3, -0.25) is 9.59 Å². The zero-order valence-electron chi connectivity index (χ0n) is 19.4. The first-order chi connectivity index (χ1) is 15.9. The number of Topliss-reactive ketones (excluding diaryl/α,β-unsaturated/α-hetero) is 1. The fraction of sp³-hybridized carbons (Fsp3) is 0.286. The first kappa shape index (κ1) is 22.6. The molecule has 3 aromatic rings. The Hall–Kier alpha value is -3.60. The fourth-order valence-electron chi connectivity index (χ4n) is 4.52. The van der Waals surface area contributed by atoms with Crippen LogP contribution in [0.2, 0.25) is 0 Å². The molecule has 1 fully saturated rings. The molecule has 1 aliphatic heterocycles. The molecule has 4 rings (SSSR count). The van der Waals surface area contributed by atoms with E-state index in [9.17, 15) is 14.7 Å². The molecule has 0 spiro atoms. The second-order valence-corrected chi connectivity index (χ2v) is 8.71. The summed E-state index contributed by atoms with van der Waals surface area (Å²) < 4.78 is 0. The van der Waals surface area contributed by atoms with E-state index in [4.69, 9.17) is 0 Å². The first-order valence-electron chi connectivity index (χ1n) is 11.5. The molecule has 0 saturated carbocycles. The van der Waals surface area contributed by atoms with Crippen LogP contribution in [0.25, 0.3) is 16.5 Å². The molecule has 170 valence electrons. The number of fused-ring (bicyclic) bond motifs is 1. The van der Waals surface area contributed by atoms with Crippen LogP contribution in [0.5, 0.6) is 0 Å². The van der Waals surface area contributed by atoms with E-state index in [1.165, 1.54) is 0 Å². The van der Waals surface area contributed by atoms with Gasteiger partial charge in [0.25, 0.3) is 11.7 Å². The highest BCUT2D eigenvalue weighted by Crippen LogP contribution is 2.41. The third-order valence-corrected chi connectivity index (χ3v) is 6.31. The minimum Gasteiger partial charge on any atom is -0.507 e. The lowest BCUT2D eigenvalue weighted by Gasteiger charge is -2.26. The van der Waals surface area contributed by atoms with Crippen molar-refractivity contribution in [3.63, 3.8) is 0 Å². The third-order valence-electron chi connectivity index (χ3n) is 6.31. The Morgan fingerprint density at radius 1 is 0.939 bits per heavy atom. The van der Waals surface area contributed by atoms with Crippen molar-refractivity contribution < 1.29 is 14.7 Å². The summed E-state index contributed by atoms with van der Waals surface area (Å²) in [5.74, 6) is -1.29. The van der Waals surface area contributed by atoms with Crippen molar-refractivity contribution in [1.29, 1.82) is 0 Å². The van der Waals surface area contributed by atoms with Crippen LogP contribution in [0.4, 0.5) is 5.69 Å². The van der Waals surface area contributed by atoms with E-state index in [1.807, 2.05) is 79.7 Å². The Balaban J connectivity index is 1.88. The lowest BCUT2D eigenvalue weighted by atomic mass is 9.93. The molecule has 1 heterocycles. The summed E-state index contributed by atoms with van der Waals surface area (Å²) in [7, 11) is 3.93. The van der Waals surface area contributed by atoms with Crippen molar-refractivity contribution in [2.45, 2.75) is 32.2 Å². The molecule has 0 aromatic heterocycles. The molecule has 1 saturated heterocycles. The van der Waals surface area contributed by atoms with E-state index in [-0.39, 0.29) is 11.3 Å². The number of benzene rings is 3. The summed E-state index contributed by atoms with van der Waals surface area (Å²) in [5, 5.41) is 13.2. The number of likely N-dealkylation sites (tertiary alicyclic amines) is 1. The quantitative estimate of drug-likeness (QED) is 0.227. The molecule has 1 unspecified atom stereocenters. The second kappa shape index (κ2) is 9.49. The first-order valence-corrected chi connectivity index (χ1v) is 11.5. The molecular formula is C28H30N2O3. The number of carbonyl (C=O) groups excluding carboxylic acids is 2. The molecule has 1 aliphatic rings. The van der Waals surface area contributed by atoms with Crippen molar-refractivity contribution in [3.8, 4) is 0 Å². The van der Waals surface area contributed by atoms with Crippen molar-refractivity contribution in [1.82, 2.24) is 4.90 Å². The summed E-state index contributed by atoms with van der Waals surface area (Å²) in [5.41, 5.74) is 2.56. The zero-order chi connectivity index (χ0) is 23.5. The molecule has 0 radical (unpaired) electrons. The van der Waals surface area contributed by atoms with Gasteiger partial charge in [-0.25, -0.2) is 0 Å². The van der Waals surface area contributed by atoms with Gasteiger partial charge < -0.3 is 14.9 Å². The van der Waals surface area contributed by atoms with E-state index < -0.39 is 17.7 Å². The maximum Gasteiger partial charge on any atom is 0.295 e. The van der Waals surface area contributed by atoms with Gasteiger partial charge in [-0.15, -0.1) is 0 Å². The molecule has 33 heavy (non-hydrogen) atoms. The third kappa shape index (κ3) is 4.23. The average molecular weight is 443 g/mol. The molecule has 1 N–H and O–H groups in total. The van der Waals surface area contributed by atoms with Crippen LogP contribution < -0.4 is 4.90 Å². The number of unbranched alkanes of at least 4 members (excludes halogenated alkanes) is 2. The van der Waals surface area contributed by atoms with Crippen LogP contribution in [0, 0.1) is 0 Å². The number of anilines is 1. The molecule has 1 atom stereocenters. The molecule has 0 aliphatic carbocycles. The van der Waals surface area contributed by atoms with E-state index in [0.29, 0.717) is 12.1 Å². The van der Waals surface area contributed by atoms with Crippen molar-refractivity contribution in [3.05, 3.63) is 83.4 Å². The van der Waals surface area contributed by atoms with E-state index in [1.54, 1.807) is 11.0 Å². The van der Waals surface area contributed by atoms with Gasteiger partial charge in [0, 0.05) is 31.9 Å². The Bertz CT molecular complexity index is 1210. The van der Waals surface area contributed by atoms with E-state index in [0.717, 1.165) is 41.3 Å². The van der Waals surface area contributed by atoms with Gasteiger partial charge >= 0.3 is 0 Å². The van der Waals surface area contributed by atoms with Crippen LogP contribution in [0.15, 0.2) is 72.3 Å². The van der Waals surface area contributed by atoms with Gasteiger partial charge in [0.2, 0.25) is 0 Å². The molecule has 0 bridgehead atoms. The van der Waals surface area contributed by atoms with Gasteiger partial charge in [0.05, 0.1) is 11.6 Å². The lowest BCUT2D eigenvalue weighted by Crippen LogP contribution is -2.30. The second-order valence-electron chi connectivity index (χ2n) is 8.71. The van der Waals surface area contributed by atoms with Gasteiger partial charge in [0.1, 0.15) is 5.76 Å². The SMILES string of the molecule is CCCCCN1C(=O)C(=O)/C(=C(\O)c2cccc3ccccc23)C1c1ccc(N(C)C)cc1. The Labute approximate surface area is 194 Å². The van der Waals surface area contributed by atoms with Crippen molar-refractivity contribution >= 4 is 33.9 Å². The number of hydrogen-bond donors (Lipinski definition) is 1. The number of hydrogen-bond acceptors (Lipinski definition) is 4. The molecule has 1 amide bonds. The Kier molecular flexibility index (Phi) is 6.50. The highest BCUT2D eigenvalue weighted by molar-refractivity contribution is 6.46. The van der Waals surface area contributed by atoms with Gasteiger partial charge in [0.15, 0.2) is 0 Å². The number of amides is 1. The summed E-state index contributed by atoms with van der Waals surface area (Å²) in [4.78, 5) is 30.0. The number of carbonyl (C=O) groups is 2. The maximum absolute atomic E-state index is 13.2. The number of nitrogens with zero attached hydrogens (tertiary/aromatic N) is 2. The minimum atomic E-state index is -0.626. The molecule has 5 heteroatoms. The number of aliphatic hydroxyl groups is 1. The molecule has 3 aromatic carbocycles. The van der Waals surface area contributed by atoms with Crippen LogP contribution in [0.3, 0.4) is 0 Å². The monoisotopic (exact) mass is 442 g/mol. The van der Waals surface area contributed by atoms with Crippen LogP contribution >= 0.6 is 0 Å². The normalized spacial score (nSPS) is 17.7. The van der Waals surface area contributed by atoms with Crippen LogP contribution in [-0.2, 0) is 9.59 Å². The summed E-state index contributed by atoms with van der Waals surface area (Å²) >= 11 is 0. The van der Waals surface area contributed by atoms with Crippen LogP contribution in [-0.4, -0.2) is 42.3 Å². The highest BCUT2D eigenvalue weighted by Gasteiger charge is 2.45. The van der Waals surface area contributed by atoms with Crippen LogP contribution in [0.1, 0.15) is 43.4 Å². The van der Waals surface area contributed by atoms with Crippen molar-refractivity contribution in [2.75, 3.05) is 25.5 Å². The summed E-state index contributed by atoms with van der Waals surface area (Å²) in [6, 6.07) is 20.6. The van der Waals surface area contributed by atoms with Gasteiger partial charge in [-0.1, -0.05) is 74.4 Å². The predicted octanol–water partition coefficient (Wildman–Crippen LogP) is 5.52. The Morgan fingerprint density at radius 3 is 2.33 bits per heavy atom. The zero-order valence-corrected chi connectivity index (χ0v) is 19.4. The highest BCUT2D eigenvalue weighted by atomic mass is 16.3. The number of aliphatic hydroxyl groups excluding tert-OH is 1. The van der Waals surface area contributed by atoms with E-state index in [2.05, 4.69) is 6.92 Å². The van der Waals surface area contributed by atoms with Crippen molar-refractivity contribution in [2.24, 2.45) is 0 Å². The predicted molar refractivity (Wildman–Crippen MR) is 133 cm³/mol. The topological polar surface area (TPSA) is 60.9 Å². The number of rotatable bonds is 7. The molecular weight excluding hydrogens is 412 g/mol. The fourth-order valence-corrected chi connectivity index (χ4v) is 4.52. The molecule has 5 nitrogen and oxygen atoms in total. The van der Waals surface area contributed by atoms with E-state index >= 15 is 0 Å². The number of ketones is 1. The minimum absolute atomic E-state index is 0.121. The average Bonchev–Trinajstić information content (AvgIpc) is 3.08. The maximum atomic E-state index is 13.2. The largest absolute Gasteiger partial charge is 0.507 e. The Morgan fingerprint density at radius 2 is 1.64 bits per heavy atom. The van der Waals surface area contributed by atoms with Gasteiger partial charge in [-0.2, -0.15) is 0 Å². The summed E-state index contributed by atoms with van der Waals surface area (Å²) in [6.07, 6.45) is 2.80. The summed E-state index contributed by atoms with van der Waals surface area (Å²) in [6.45, 7) is 2.58. The standard InChI is InChI=1S/C28H30N2O3/c1-4-5-8-18-30-25(20-14-16-21(17-15-20)29(2)3)24(27(32)28(30)33)26(31)23-13-9-11-19-10-6-7-12-22(19)23/h6-7,9-17,25,31H,4-5,8,18H2,1-3H3/b26-24-. The lowest BCUT2D eigenvalue weighted by molar-refractivity contribution is -0.139. The van der Waals surface area contributed by atoms with Gasteiger partial charge in [-0.05, 0) is 34.9 Å². The smallest absolute Gasteiger partial charge is 0.295 e.